The van der Waals surface area contributed by atoms with E-state index < -0.39 is 11.1 Å². The summed E-state index contributed by atoms with van der Waals surface area (Å²) in [5, 5.41) is 1.69. The summed E-state index contributed by atoms with van der Waals surface area (Å²) in [4.78, 5) is 14.5. The molecule has 0 spiro atoms. The summed E-state index contributed by atoms with van der Waals surface area (Å²) in [5.74, 6) is 0. The van der Waals surface area contributed by atoms with Gasteiger partial charge in [0.1, 0.15) is 6.61 Å². The second-order valence-corrected chi connectivity index (χ2v) is 7.54. The highest BCUT2D eigenvalue weighted by Gasteiger charge is 2.34. The minimum Gasteiger partial charge on any atom is -0.444 e. The molecule has 0 saturated carbocycles. The summed E-state index contributed by atoms with van der Waals surface area (Å²) < 4.78 is 22.4. The first-order valence-electron chi connectivity index (χ1n) is 8.02. The standard InChI is InChI=1S/C17H22N2O4S/c1-12(2)24(21)23-18-8-6-15(7-9-18)19-16-5-4-13(3)10-14(16)11-22-17(19)20/h4-5,10,15H,1,6-9,11H2,2-3H3. The highest BCUT2D eigenvalue weighted by Crippen LogP contribution is 2.32. The van der Waals surface area contributed by atoms with Crippen LogP contribution >= 0.6 is 0 Å². The number of fused-ring (bicyclic) bond motifs is 1. The van der Waals surface area contributed by atoms with Crippen molar-refractivity contribution >= 4 is 22.9 Å². The average molecular weight is 350 g/mol. The molecule has 6 nitrogen and oxygen atoms in total. The van der Waals surface area contributed by atoms with Gasteiger partial charge in [0.15, 0.2) is 0 Å². The number of amides is 1. The van der Waals surface area contributed by atoms with E-state index in [-0.39, 0.29) is 12.1 Å². The van der Waals surface area contributed by atoms with Crippen molar-refractivity contribution in [2.75, 3.05) is 18.0 Å². The highest BCUT2D eigenvalue weighted by molar-refractivity contribution is 7.84. The van der Waals surface area contributed by atoms with Crippen molar-refractivity contribution < 1.29 is 18.0 Å². The van der Waals surface area contributed by atoms with E-state index in [1.54, 1.807) is 16.9 Å². The minimum absolute atomic E-state index is 0.0531. The first-order valence-corrected chi connectivity index (χ1v) is 9.09. The third kappa shape index (κ3) is 3.53. The molecule has 2 aliphatic rings. The molecule has 0 N–H and O–H groups in total. The number of hydrogen-bond acceptors (Lipinski definition) is 5. The molecule has 2 aliphatic heterocycles. The van der Waals surface area contributed by atoms with Crippen LogP contribution in [-0.4, -0.2) is 34.5 Å². The molecule has 1 atom stereocenters. The Kier molecular flexibility index (Phi) is 5.03. The molecule has 1 aromatic carbocycles. The van der Waals surface area contributed by atoms with Crippen LogP contribution in [0.15, 0.2) is 29.7 Å². The van der Waals surface area contributed by atoms with Crippen molar-refractivity contribution in [3.8, 4) is 0 Å². The van der Waals surface area contributed by atoms with Crippen molar-refractivity contribution in [3.63, 3.8) is 0 Å². The number of aryl methyl sites for hydroxylation is 1. The Morgan fingerprint density at radius 3 is 2.75 bits per heavy atom. The second-order valence-electron chi connectivity index (χ2n) is 6.23. The van der Waals surface area contributed by atoms with Crippen LogP contribution in [0.2, 0.25) is 0 Å². The largest absolute Gasteiger partial charge is 0.444 e. The zero-order valence-electron chi connectivity index (χ0n) is 14.0. The van der Waals surface area contributed by atoms with Crippen LogP contribution in [0.1, 0.15) is 30.9 Å². The number of rotatable bonds is 4. The van der Waals surface area contributed by atoms with Crippen LogP contribution < -0.4 is 4.90 Å². The van der Waals surface area contributed by atoms with Gasteiger partial charge in [-0.3, -0.25) is 4.90 Å². The molecule has 1 aromatic rings. The number of cyclic esters (lactones) is 1. The summed E-state index contributed by atoms with van der Waals surface area (Å²) in [7, 11) is 0. The number of hydrogen-bond donors (Lipinski definition) is 0. The fraction of sp³-hybridized carbons (Fsp3) is 0.471. The van der Waals surface area contributed by atoms with E-state index in [1.165, 1.54) is 0 Å². The predicted molar refractivity (Wildman–Crippen MR) is 92.5 cm³/mol. The van der Waals surface area contributed by atoms with Crippen molar-refractivity contribution in [1.29, 1.82) is 0 Å². The topological polar surface area (TPSA) is 59.1 Å². The minimum atomic E-state index is -1.50. The number of benzene rings is 1. The maximum Gasteiger partial charge on any atom is 0.414 e. The fourth-order valence-electron chi connectivity index (χ4n) is 3.05. The van der Waals surface area contributed by atoms with E-state index in [0.29, 0.717) is 24.6 Å². The molecule has 1 amide bonds. The van der Waals surface area contributed by atoms with Gasteiger partial charge in [-0.2, -0.15) is 9.35 Å². The molecule has 3 rings (SSSR count). The van der Waals surface area contributed by atoms with E-state index in [2.05, 4.69) is 12.6 Å². The van der Waals surface area contributed by atoms with E-state index >= 15 is 0 Å². The lowest BCUT2D eigenvalue weighted by Crippen LogP contribution is -2.49. The lowest BCUT2D eigenvalue weighted by atomic mass is 10.0. The highest BCUT2D eigenvalue weighted by atomic mass is 32.2. The van der Waals surface area contributed by atoms with Crippen molar-refractivity contribution in [2.45, 2.75) is 39.3 Å². The second kappa shape index (κ2) is 7.04. The van der Waals surface area contributed by atoms with E-state index in [1.807, 2.05) is 19.1 Å². The molecule has 0 aliphatic carbocycles. The smallest absolute Gasteiger partial charge is 0.414 e. The zero-order chi connectivity index (χ0) is 17.3. The summed E-state index contributed by atoms with van der Waals surface area (Å²) in [6.45, 7) is 8.87. The molecule has 0 aromatic heterocycles. The number of ether oxygens (including phenoxy) is 1. The predicted octanol–water partition coefficient (Wildman–Crippen LogP) is 3.04. The number of allylic oxidation sites excluding steroid dienone is 1. The Morgan fingerprint density at radius 1 is 1.38 bits per heavy atom. The summed E-state index contributed by atoms with van der Waals surface area (Å²) in [6.07, 6.45) is 1.17. The SMILES string of the molecule is C=C(C)S(=O)ON1CCC(N2C(=O)OCc3cc(C)ccc32)CC1. The van der Waals surface area contributed by atoms with Gasteiger partial charge < -0.3 is 4.74 Å². The summed E-state index contributed by atoms with van der Waals surface area (Å²) >= 11 is -1.50. The van der Waals surface area contributed by atoms with Gasteiger partial charge in [-0.05, 0) is 32.8 Å². The number of anilines is 1. The first kappa shape index (κ1) is 17.1. The molecule has 0 radical (unpaired) electrons. The zero-order valence-corrected chi connectivity index (χ0v) is 14.8. The lowest BCUT2D eigenvalue weighted by molar-refractivity contribution is -0.0621. The van der Waals surface area contributed by atoms with Gasteiger partial charge in [0.05, 0.1) is 5.69 Å². The van der Waals surface area contributed by atoms with Crippen LogP contribution in [0, 0.1) is 6.92 Å². The van der Waals surface area contributed by atoms with E-state index in [4.69, 9.17) is 9.02 Å². The molecular formula is C17H22N2O4S. The van der Waals surface area contributed by atoms with Crippen LogP contribution in [-0.2, 0) is 26.7 Å². The Bertz CT molecular complexity index is 683. The van der Waals surface area contributed by atoms with Gasteiger partial charge >= 0.3 is 6.09 Å². The number of piperidine rings is 1. The quantitative estimate of drug-likeness (QED) is 0.835. The van der Waals surface area contributed by atoms with Gasteiger partial charge in [-0.1, -0.05) is 24.3 Å². The van der Waals surface area contributed by atoms with Crippen LogP contribution in [0.5, 0.6) is 0 Å². The third-order valence-corrected chi connectivity index (χ3v) is 5.20. The number of carbonyl (C=O) groups is 1. The fourth-order valence-corrected chi connectivity index (χ4v) is 3.52. The molecule has 1 unspecified atom stereocenters. The summed E-state index contributed by atoms with van der Waals surface area (Å²) in [6, 6.07) is 6.11. The van der Waals surface area contributed by atoms with Crippen molar-refractivity contribution in [3.05, 3.63) is 40.8 Å². The maximum atomic E-state index is 12.3. The Morgan fingerprint density at radius 2 is 2.08 bits per heavy atom. The molecule has 24 heavy (non-hydrogen) atoms. The molecule has 130 valence electrons. The Balaban J connectivity index is 1.69. The van der Waals surface area contributed by atoms with Crippen molar-refractivity contribution in [2.24, 2.45) is 0 Å². The lowest BCUT2D eigenvalue weighted by Gasteiger charge is -2.39. The van der Waals surface area contributed by atoms with Gasteiger partial charge in [-0.25, -0.2) is 9.00 Å². The summed E-state index contributed by atoms with van der Waals surface area (Å²) in [5.41, 5.74) is 3.12. The van der Waals surface area contributed by atoms with Crippen LogP contribution in [0.4, 0.5) is 10.5 Å². The molecular weight excluding hydrogens is 328 g/mol. The van der Waals surface area contributed by atoms with Gasteiger partial charge in [0, 0.05) is 29.6 Å². The average Bonchev–Trinajstić information content (AvgIpc) is 2.56. The van der Waals surface area contributed by atoms with Crippen molar-refractivity contribution in [1.82, 2.24) is 5.06 Å². The monoisotopic (exact) mass is 350 g/mol. The first-order chi connectivity index (χ1) is 11.5. The van der Waals surface area contributed by atoms with Gasteiger partial charge in [0.2, 0.25) is 11.1 Å². The van der Waals surface area contributed by atoms with Gasteiger partial charge in [0.25, 0.3) is 0 Å². The molecule has 7 heteroatoms. The molecule has 0 bridgehead atoms. The van der Waals surface area contributed by atoms with Crippen LogP contribution in [0.3, 0.4) is 0 Å². The normalized spacial score (nSPS) is 20.4. The van der Waals surface area contributed by atoms with Gasteiger partial charge in [-0.15, -0.1) is 0 Å². The maximum absolute atomic E-state index is 12.3. The van der Waals surface area contributed by atoms with E-state index in [9.17, 15) is 9.00 Å². The molecule has 2 heterocycles. The number of nitrogens with zero attached hydrogens (tertiary/aromatic N) is 2. The molecule has 1 fully saturated rings. The van der Waals surface area contributed by atoms with Crippen LogP contribution in [0.25, 0.3) is 0 Å². The Hall–Kier alpha value is -1.70. The third-order valence-electron chi connectivity index (χ3n) is 4.29. The Labute approximate surface area is 144 Å². The van der Waals surface area contributed by atoms with E-state index in [0.717, 1.165) is 29.7 Å². The number of hydroxylamine groups is 2. The molecule has 1 saturated heterocycles. The number of carbonyl (C=O) groups excluding carboxylic acids is 1.